The molecule has 0 radical (unpaired) electrons. The fourth-order valence-corrected chi connectivity index (χ4v) is 2.68. The van der Waals surface area contributed by atoms with Crippen molar-refractivity contribution in [2.75, 3.05) is 0 Å². The molecule has 4 heterocycles. The van der Waals surface area contributed by atoms with E-state index in [1.165, 1.54) is 11.8 Å². The minimum Gasteiger partial charge on any atom is -0.469 e. The molecule has 7 nitrogen and oxygen atoms in total. The molecule has 116 valence electrons. The molecule has 4 rings (SSSR count). The Morgan fingerprint density at radius 1 is 1.09 bits per heavy atom. The van der Waals surface area contributed by atoms with E-state index in [0.717, 1.165) is 17.0 Å². The van der Waals surface area contributed by atoms with Crippen LogP contribution in [0.1, 0.15) is 11.5 Å². The van der Waals surface area contributed by atoms with E-state index < -0.39 is 0 Å². The fraction of sp³-hybridized carbons (Fsp3) is 0.133. The number of thioether (sulfide) groups is 1. The Morgan fingerprint density at radius 3 is 2.83 bits per heavy atom. The van der Waals surface area contributed by atoms with Crippen LogP contribution in [-0.2, 0) is 5.75 Å². The van der Waals surface area contributed by atoms with Gasteiger partial charge < -0.3 is 17.8 Å². The fourth-order valence-electron chi connectivity index (χ4n) is 2.03. The molecule has 0 amide bonds. The van der Waals surface area contributed by atoms with E-state index in [1.807, 2.05) is 19.1 Å². The molecule has 0 aliphatic heterocycles. The second-order valence-corrected chi connectivity index (χ2v) is 5.64. The third-order valence-electron chi connectivity index (χ3n) is 3.16. The molecule has 0 aromatic carbocycles. The van der Waals surface area contributed by atoms with Gasteiger partial charge in [-0.2, -0.15) is 0 Å². The Morgan fingerprint density at radius 2 is 2.04 bits per heavy atom. The van der Waals surface area contributed by atoms with Crippen molar-refractivity contribution >= 4 is 11.8 Å². The molecule has 8 heteroatoms. The third kappa shape index (κ3) is 2.80. The van der Waals surface area contributed by atoms with Crippen LogP contribution in [0.25, 0.3) is 23.0 Å². The van der Waals surface area contributed by atoms with Gasteiger partial charge in [0.25, 0.3) is 11.1 Å². The van der Waals surface area contributed by atoms with E-state index in [2.05, 4.69) is 15.4 Å². The van der Waals surface area contributed by atoms with Gasteiger partial charge in [-0.15, -0.1) is 10.2 Å². The van der Waals surface area contributed by atoms with Gasteiger partial charge in [0.1, 0.15) is 5.76 Å². The van der Waals surface area contributed by atoms with Crippen LogP contribution in [0.4, 0.5) is 0 Å². The van der Waals surface area contributed by atoms with Gasteiger partial charge >= 0.3 is 0 Å². The summed E-state index contributed by atoms with van der Waals surface area (Å²) in [5.41, 5.74) is 1.56. The highest BCUT2D eigenvalue weighted by Crippen LogP contribution is 2.29. The van der Waals surface area contributed by atoms with Crippen molar-refractivity contribution in [1.82, 2.24) is 15.4 Å². The first kappa shape index (κ1) is 13.9. The molecule has 0 N–H and O–H groups in total. The monoisotopic (exact) mass is 329 g/mol. The second-order valence-electron chi connectivity index (χ2n) is 4.71. The molecule has 0 atom stereocenters. The first-order valence-corrected chi connectivity index (χ1v) is 7.78. The van der Waals surface area contributed by atoms with E-state index >= 15 is 0 Å². The minimum absolute atomic E-state index is 0.440. The Hall–Kier alpha value is -2.74. The van der Waals surface area contributed by atoms with Crippen molar-refractivity contribution in [1.29, 1.82) is 0 Å². The zero-order chi connectivity index (χ0) is 15.6. The first-order valence-electron chi connectivity index (χ1n) is 6.80. The van der Waals surface area contributed by atoms with Gasteiger partial charge in [0, 0.05) is 11.8 Å². The molecule has 4 aromatic rings. The smallest absolute Gasteiger partial charge is 0.277 e. The Bertz CT molecular complexity index is 907. The Labute approximate surface area is 134 Å². The van der Waals surface area contributed by atoms with Crippen molar-refractivity contribution in [2.24, 2.45) is 0 Å². The SMILES string of the molecule is Cc1occc1-c1nnc(SCc2cc(-c3ccco3)on2)o1. The third-order valence-corrected chi connectivity index (χ3v) is 4.01. The van der Waals surface area contributed by atoms with Crippen LogP contribution in [0.5, 0.6) is 0 Å². The lowest BCUT2D eigenvalue weighted by Crippen LogP contribution is -1.79. The summed E-state index contributed by atoms with van der Waals surface area (Å²) in [4.78, 5) is 0. The van der Waals surface area contributed by atoms with E-state index in [0.29, 0.717) is 28.4 Å². The molecule has 0 unspecified atom stereocenters. The molecule has 0 fully saturated rings. The van der Waals surface area contributed by atoms with E-state index in [9.17, 15) is 0 Å². The molecule has 0 bridgehead atoms. The zero-order valence-corrected chi connectivity index (χ0v) is 12.9. The molecule has 0 spiro atoms. The highest BCUT2D eigenvalue weighted by atomic mass is 32.2. The Balaban J connectivity index is 1.44. The van der Waals surface area contributed by atoms with Gasteiger partial charge in [0.15, 0.2) is 5.76 Å². The number of rotatable bonds is 5. The average Bonchev–Trinajstić information content (AvgIpc) is 3.32. The summed E-state index contributed by atoms with van der Waals surface area (Å²) in [6.45, 7) is 1.85. The lowest BCUT2D eigenvalue weighted by atomic mass is 10.3. The molecule has 0 saturated carbocycles. The highest BCUT2D eigenvalue weighted by molar-refractivity contribution is 7.98. The van der Waals surface area contributed by atoms with Crippen LogP contribution < -0.4 is 0 Å². The van der Waals surface area contributed by atoms with Crippen molar-refractivity contribution in [3.05, 3.63) is 48.2 Å². The minimum atomic E-state index is 0.440. The van der Waals surface area contributed by atoms with Gasteiger partial charge in [-0.25, -0.2) is 0 Å². The van der Waals surface area contributed by atoms with Gasteiger partial charge in [-0.3, -0.25) is 0 Å². The van der Waals surface area contributed by atoms with Crippen LogP contribution in [0.3, 0.4) is 0 Å². The quantitative estimate of drug-likeness (QED) is 0.504. The molecule has 0 aliphatic carbocycles. The predicted molar refractivity (Wildman–Crippen MR) is 80.5 cm³/mol. The number of nitrogens with zero attached hydrogens (tertiary/aromatic N) is 3. The van der Waals surface area contributed by atoms with E-state index in [-0.39, 0.29) is 0 Å². The second kappa shape index (κ2) is 5.81. The topological polar surface area (TPSA) is 91.2 Å². The zero-order valence-electron chi connectivity index (χ0n) is 12.1. The van der Waals surface area contributed by atoms with Crippen LogP contribution in [0, 0.1) is 6.92 Å². The summed E-state index contributed by atoms with van der Waals surface area (Å²) in [7, 11) is 0. The molecule has 0 saturated heterocycles. The number of furan rings is 2. The summed E-state index contributed by atoms with van der Waals surface area (Å²) in [6.07, 6.45) is 3.18. The standard InChI is InChI=1S/C15H11N3O4S/c1-9-11(4-6-19-9)14-16-17-15(21-14)23-8-10-7-13(22-18-10)12-3-2-5-20-12/h2-7H,8H2,1H3. The maximum Gasteiger partial charge on any atom is 0.277 e. The van der Waals surface area contributed by atoms with Crippen LogP contribution >= 0.6 is 11.8 Å². The number of aromatic nitrogens is 3. The normalized spacial score (nSPS) is 11.2. The number of hydrogen-bond acceptors (Lipinski definition) is 8. The van der Waals surface area contributed by atoms with Crippen molar-refractivity contribution in [2.45, 2.75) is 17.9 Å². The van der Waals surface area contributed by atoms with Crippen LogP contribution in [0.2, 0.25) is 0 Å². The largest absolute Gasteiger partial charge is 0.469 e. The maximum absolute atomic E-state index is 5.61. The van der Waals surface area contributed by atoms with E-state index in [1.54, 1.807) is 24.7 Å². The van der Waals surface area contributed by atoms with Crippen molar-refractivity contribution in [3.63, 3.8) is 0 Å². The Kier molecular flexibility index (Phi) is 3.51. The molecular weight excluding hydrogens is 318 g/mol. The molecular formula is C15H11N3O4S. The average molecular weight is 329 g/mol. The molecule has 0 aliphatic rings. The highest BCUT2D eigenvalue weighted by Gasteiger charge is 2.14. The van der Waals surface area contributed by atoms with Crippen LogP contribution in [-0.4, -0.2) is 15.4 Å². The van der Waals surface area contributed by atoms with E-state index in [4.69, 9.17) is 17.8 Å². The molecule has 4 aromatic heterocycles. The summed E-state index contributed by atoms with van der Waals surface area (Å²) >= 11 is 1.38. The summed E-state index contributed by atoms with van der Waals surface area (Å²) in [5, 5.41) is 12.5. The van der Waals surface area contributed by atoms with Crippen LogP contribution in [0.15, 0.2) is 59.8 Å². The lowest BCUT2D eigenvalue weighted by Gasteiger charge is -1.91. The van der Waals surface area contributed by atoms with Gasteiger partial charge in [-0.1, -0.05) is 16.9 Å². The van der Waals surface area contributed by atoms with Crippen molar-refractivity contribution in [3.8, 4) is 23.0 Å². The summed E-state index contributed by atoms with van der Waals surface area (Å²) < 4.78 is 21.3. The summed E-state index contributed by atoms with van der Waals surface area (Å²) in [5.74, 6) is 2.96. The molecule has 23 heavy (non-hydrogen) atoms. The summed E-state index contributed by atoms with van der Waals surface area (Å²) in [6, 6.07) is 7.23. The number of aryl methyl sites for hydroxylation is 1. The number of hydrogen-bond donors (Lipinski definition) is 0. The maximum atomic E-state index is 5.61. The predicted octanol–water partition coefficient (Wildman–Crippen LogP) is 4.18. The van der Waals surface area contributed by atoms with Gasteiger partial charge in [0.05, 0.1) is 23.8 Å². The van der Waals surface area contributed by atoms with Crippen molar-refractivity contribution < 1.29 is 17.8 Å². The lowest BCUT2D eigenvalue weighted by molar-refractivity contribution is 0.413. The van der Waals surface area contributed by atoms with Gasteiger partial charge in [0.2, 0.25) is 5.76 Å². The first-order chi connectivity index (χ1) is 11.3. The van der Waals surface area contributed by atoms with Gasteiger partial charge in [-0.05, 0) is 25.1 Å².